The van der Waals surface area contributed by atoms with Crippen molar-refractivity contribution in [1.29, 1.82) is 0 Å². The third kappa shape index (κ3) is 5.58. The molecule has 0 bridgehead atoms. The van der Waals surface area contributed by atoms with Gasteiger partial charge in [-0.2, -0.15) is 0 Å². The molecule has 0 fully saturated rings. The molecule has 0 radical (unpaired) electrons. The number of aliphatic hydroxyl groups is 1. The Kier molecular flexibility index (Phi) is 6.85. The Bertz CT molecular complexity index is 822. The van der Waals surface area contributed by atoms with E-state index in [0.29, 0.717) is 31.1 Å². The predicted molar refractivity (Wildman–Crippen MR) is 107 cm³/mol. The fourth-order valence-corrected chi connectivity index (χ4v) is 2.76. The molecule has 0 aliphatic rings. The molecule has 0 aliphatic heterocycles. The molecule has 3 aromatic carbocycles. The van der Waals surface area contributed by atoms with Crippen LogP contribution in [0.3, 0.4) is 0 Å². The van der Waals surface area contributed by atoms with Crippen LogP contribution in [-0.2, 0) is 13.2 Å². The van der Waals surface area contributed by atoms with E-state index in [1.54, 1.807) is 0 Å². The summed E-state index contributed by atoms with van der Waals surface area (Å²) in [6.45, 7) is 0.958. The number of benzene rings is 3. The van der Waals surface area contributed by atoms with Crippen LogP contribution in [0.1, 0.15) is 29.2 Å². The van der Waals surface area contributed by atoms with Crippen molar-refractivity contribution < 1.29 is 14.6 Å². The lowest BCUT2D eigenvalue weighted by Gasteiger charge is -2.17. The van der Waals surface area contributed by atoms with Crippen molar-refractivity contribution in [2.45, 2.75) is 25.7 Å². The molecular formula is C23H25NO3. The Morgan fingerprint density at radius 3 is 1.85 bits per heavy atom. The van der Waals surface area contributed by atoms with E-state index in [4.69, 9.17) is 20.3 Å². The smallest absolute Gasteiger partial charge is 0.162 e. The molecule has 0 heterocycles. The van der Waals surface area contributed by atoms with Gasteiger partial charge in [0.05, 0.1) is 0 Å². The van der Waals surface area contributed by atoms with Crippen LogP contribution in [0.5, 0.6) is 11.5 Å². The van der Waals surface area contributed by atoms with Crippen molar-refractivity contribution in [1.82, 2.24) is 0 Å². The van der Waals surface area contributed by atoms with Gasteiger partial charge >= 0.3 is 0 Å². The lowest BCUT2D eigenvalue weighted by molar-refractivity contribution is 0.254. The highest BCUT2D eigenvalue weighted by Gasteiger charge is 2.12. The number of rotatable bonds is 9. The van der Waals surface area contributed by atoms with Gasteiger partial charge in [-0.1, -0.05) is 66.7 Å². The van der Waals surface area contributed by atoms with E-state index in [1.165, 1.54) is 0 Å². The quantitative estimate of drug-likeness (QED) is 0.597. The Hall–Kier alpha value is -2.82. The Labute approximate surface area is 160 Å². The number of nitrogens with two attached hydrogens (primary N) is 1. The Morgan fingerprint density at radius 2 is 1.30 bits per heavy atom. The first-order valence-corrected chi connectivity index (χ1v) is 9.10. The number of ether oxygens (including phenoxy) is 2. The zero-order valence-electron chi connectivity index (χ0n) is 15.3. The molecule has 3 rings (SSSR count). The molecule has 4 nitrogen and oxygen atoms in total. The molecule has 4 heteroatoms. The highest BCUT2D eigenvalue weighted by Crippen LogP contribution is 2.32. The van der Waals surface area contributed by atoms with Crippen molar-refractivity contribution in [3.05, 3.63) is 95.6 Å². The summed E-state index contributed by atoms with van der Waals surface area (Å²) < 4.78 is 12.0. The highest BCUT2D eigenvalue weighted by molar-refractivity contribution is 5.44. The molecule has 27 heavy (non-hydrogen) atoms. The fourth-order valence-electron chi connectivity index (χ4n) is 2.76. The van der Waals surface area contributed by atoms with Gasteiger partial charge in [-0.05, 0) is 35.2 Å². The molecule has 0 saturated heterocycles. The van der Waals surface area contributed by atoms with Crippen molar-refractivity contribution in [3.63, 3.8) is 0 Å². The van der Waals surface area contributed by atoms with Crippen LogP contribution in [0, 0.1) is 0 Å². The number of hydrogen-bond donors (Lipinski definition) is 2. The van der Waals surface area contributed by atoms with E-state index in [1.807, 2.05) is 78.9 Å². The third-order valence-electron chi connectivity index (χ3n) is 4.31. The molecule has 1 atom stereocenters. The average molecular weight is 363 g/mol. The minimum Gasteiger partial charge on any atom is -0.485 e. The maximum absolute atomic E-state index is 9.15. The summed E-state index contributed by atoms with van der Waals surface area (Å²) in [7, 11) is 0. The molecule has 140 valence electrons. The summed E-state index contributed by atoms with van der Waals surface area (Å²) in [5, 5.41) is 9.15. The van der Waals surface area contributed by atoms with Crippen molar-refractivity contribution in [2.75, 3.05) is 6.61 Å². The van der Waals surface area contributed by atoms with E-state index < -0.39 is 0 Å². The predicted octanol–water partition coefficient (Wildman–Crippen LogP) is 4.23. The molecule has 0 aromatic heterocycles. The van der Waals surface area contributed by atoms with Crippen molar-refractivity contribution in [2.24, 2.45) is 5.73 Å². The van der Waals surface area contributed by atoms with E-state index in [0.717, 1.165) is 16.7 Å². The van der Waals surface area contributed by atoms with Crippen LogP contribution in [-0.4, -0.2) is 11.7 Å². The van der Waals surface area contributed by atoms with Crippen molar-refractivity contribution in [3.8, 4) is 11.5 Å². The van der Waals surface area contributed by atoms with E-state index in [-0.39, 0.29) is 12.6 Å². The van der Waals surface area contributed by atoms with Gasteiger partial charge in [0, 0.05) is 12.6 Å². The standard InChI is InChI=1S/C23H25NO3/c24-21(13-14-25)20-11-12-22(26-16-18-7-3-1-4-8-18)23(15-20)27-17-19-9-5-2-6-10-19/h1-12,15,21,25H,13-14,16-17,24H2. The molecular weight excluding hydrogens is 338 g/mol. The van der Waals surface area contributed by atoms with E-state index in [2.05, 4.69) is 0 Å². The van der Waals surface area contributed by atoms with Gasteiger partial charge < -0.3 is 20.3 Å². The maximum Gasteiger partial charge on any atom is 0.162 e. The normalized spacial score (nSPS) is 11.8. The van der Waals surface area contributed by atoms with Gasteiger partial charge in [-0.25, -0.2) is 0 Å². The maximum atomic E-state index is 9.15. The summed E-state index contributed by atoms with van der Waals surface area (Å²) in [5.74, 6) is 1.33. The summed E-state index contributed by atoms with van der Waals surface area (Å²) >= 11 is 0. The second kappa shape index (κ2) is 9.76. The first kappa shape index (κ1) is 19.0. The van der Waals surface area contributed by atoms with Crippen LogP contribution < -0.4 is 15.2 Å². The molecule has 0 spiro atoms. The topological polar surface area (TPSA) is 64.7 Å². The van der Waals surface area contributed by atoms with E-state index >= 15 is 0 Å². The largest absolute Gasteiger partial charge is 0.485 e. The van der Waals surface area contributed by atoms with Crippen LogP contribution in [0.25, 0.3) is 0 Å². The Balaban J connectivity index is 1.77. The molecule has 0 amide bonds. The van der Waals surface area contributed by atoms with Gasteiger partial charge in [0.25, 0.3) is 0 Å². The molecule has 0 aliphatic carbocycles. The van der Waals surface area contributed by atoms with Crippen LogP contribution in [0.15, 0.2) is 78.9 Å². The summed E-state index contributed by atoms with van der Waals surface area (Å²) in [4.78, 5) is 0. The van der Waals surface area contributed by atoms with Gasteiger partial charge in [-0.3, -0.25) is 0 Å². The lowest BCUT2D eigenvalue weighted by Crippen LogP contribution is -2.12. The third-order valence-corrected chi connectivity index (χ3v) is 4.31. The Morgan fingerprint density at radius 1 is 0.741 bits per heavy atom. The van der Waals surface area contributed by atoms with Crippen molar-refractivity contribution >= 4 is 0 Å². The molecule has 3 N–H and O–H groups in total. The lowest BCUT2D eigenvalue weighted by atomic mass is 10.0. The minimum atomic E-state index is -0.239. The molecule has 3 aromatic rings. The van der Waals surface area contributed by atoms with Gasteiger partial charge in [0.2, 0.25) is 0 Å². The van der Waals surface area contributed by atoms with E-state index in [9.17, 15) is 0 Å². The monoisotopic (exact) mass is 363 g/mol. The zero-order chi connectivity index (χ0) is 18.9. The first-order chi connectivity index (χ1) is 13.3. The summed E-state index contributed by atoms with van der Waals surface area (Å²) in [6.07, 6.45) is 0.502. The molecule has 0 saturated carbocycles. The van der Waals surface area contributed by atoms with Crippen LogP contribution in [0.4, 0.5) is 0 Å². The fraction of sp³-hybridized carbons (Fsp3) is 0.217. The van der Waals surface area contributed by atoms with Crippen LogP contribution in [0.2, 0.25) is 0 Å². The second-order valence-electron chi connectivity index (χ2n) is 6.37. The zero-order valence-corrected chi connectivity index (χ0v) is 15.3. The van der Waals surface area contributed by atoms with Crippen LogP contribution >= 0.6 is 0 Å². The summed E-state index contributed by atoms with van der Waals surface area (Å²) in [6, 6.07) is 25.5. The highest BCUT2D eigenvalue weighted by atomic mass is 16.5. The SMILES string of the molecule is NC(CCO)c1ccc(OCc2ccccc2)c(OCc2ccccc2)c1. The van der Waals surface area contributed by atoms with Gasteiger partial charge in [0.15, 0.2) is 11.5 Å². The second-order valence-corrected chi connectivity index (χ2v) is 6.37. The average Bonchev–Trinajstić information content (AvgIpc) is 2.72. The number of hydrogen-bond acceptors (Lipinski definition) is 4. The number of aliphatic hydroxyl groups excluding tert-OH is 1. The first-order valence-electron chi connectivity index (χ1n) is 9.10. The summed E-state index contributed by atoms with van der Waals surface area (Å²) in [5.41, 5.74) is 9.23. The molecule has 1 unspecified atom stereocenters. The van der Waals surface area contributed by atoms with Gasteiger partial charge in [-0.15, -0.1) is 0 Å². The van der Waals surface area contributed by atoms with Gasteiger partial charge in [0.1, 0.15) is 13.2 Å². The minimum absolute atomic E-state index is 0.0492.